The summed E-state index contributed by atoms with van der Waals surface area (Å²) in [4.78, 5) is 0. The molecular weight excluding hydrogens is 318 g/mol. The summed E-state index contributed by atoms with van der Waals surface area (Å²) >= 11 is 9.40. The molecule has 2 rings (SSSR count). The predicted molar refractivity (Wildman–Crippen MR) is 74.8 cm³/mol. The monoisotopic (exact) mass is 329 g/mol. The van der Waals surface area contributed by atoms with E-state index in [-0.39, 0.29) is 0 Å². The van der Waals surface area contributed by atoms with Crippen LogP contribution in [0.4, 0.5) is 0 Å². The minimum absolute atomic E-state index is 0.330. The molecule has 1 aromatic heterocycles. The zero-order valence-electron chi connectivity index (χ0n) is 9.87. The average Bonchev–Trinajstić information content (AvgIpc) is 2.71. The molecule has 0 aliphatic carbocycles. The van der Waals surface area contributed by atoms with Gasteiger partial charge in [0, 0.05) is 4.47 Å². The predicted octanol–water partition coefficient (Wildman–Crippen LogP) is 4.04. The Morgan fingerprint density at radius 1 is 1.39 bits per heavy atom. The Morgan fingerprint density at radius 3 is 2.83 bits per heavy atom. The fourth-order valence-electron chi connectivity index (χ4n) is 1.60. The van der Waals surface area contributed by atoms with Crippen molar-refractivity contribution in [2.45, 2.75) is 20.1 Å². The Morgan fingerprint density at radius 2 is 2.17 bits per heavy atom. The van der Waals surface area contributed by atoms with E-state index < -0.39 is 0 Å². The largest absolute Gasteiger partial charge is 0.484 e. The van der Waals surface area contributed by atoms with E-state index >= 15 is 0 Å². The molecule has 0 amide bonds. The second kappa shape index (κ2) is 5.78. The third-order valence-electron chi connectivity index (χ3n) is 2.52. The number of furan rings is 1. The number of nitrogens with two attached hydrogens (primary N) is 1. The minimum atomic E-state index is 0.330. The molecule has 0 aliphatic heterocycles. The topological polar surface area (TPSA) is 48.4 Å². The number of benzene rings is 1. The van der Waals surface area contributed by atoms with Crippen LogP contribution in [-0.4, -0.2) is 0 Å². The highest BCUT2D eigenvalue weighted by atomic mass is 79.9. The van der Waals surface area contributed by atoms with E-state index in [0.29, 0.717) is 23.9 Å². The van der Waals surface area contributed by atoms with E-state index in [4.69, 9.17) is 26.5 Å². The lowest BCUT2D eigenvalue weighted by atomic mass is 10.2. The maximum atomic E-state index is 6.03. The number of halogens is 2. The van der Waals surface area contributed by atoms with Gasteiger partial charge in [-0.1, -0.05) is 27.5 Å². The molecule has 0 radical (unpaired) electrons. The Kier molecular flexibility index (Phi) is 4.32. The summed E-state index contributed by atoms with van der Waals surface area (Å²) in [5.41, 5.74) is 6.59. The number of rotatable bonds is 4. The molecule has 0 saturated carbocycles. The van der Waals surface area contributed by atoms with Crippen molar-refractivity contribution in [1.29, 1.82) is 0 Å². The summed E-state index contributed by atoms with van der Waals surface area (Å²) in [6, 6.07) is 7.38. The Bertz CT molecular complexity index is 554. The van der Waals surface area contributed by atoms with E-state index in [2.05, 4.69) is 15.9 Å². The zero-order chi connectivity index (χ0) is 13.1. The van der Waals surface area contributed by atoms with Crippen LogP contribution in [0.25, 0.3) is 0 Å². The molecule has 0 fully saturated rings. The summed E-state index contributed by atoms with van der Waals surface area (Å²) in [6.07, 6.45) is 0. The summed E-state index contributed by atoms with van der Waals surface area (Å²) < 4.78 is 12.1. The van der Waals surface area contributed by atoms with Gasteiger partial charge >= 0.3 is 0 Å². The van der Waals surface area contributed by atoms with E-state index in [1.165, 1.54) is 0 Å². The highest BCUT2D eigenvalue weighted by molar-refractivity contribution is 9.10. The van der Waals surface area contributed by atoms with Crippen molar-refractivity contribution in [3.63, 3.8) is 0 Å². The maximum Gasteiger partial charge on any atom is 0.146 e. The first-order valence-corrected chi connectivity index (χ1v) is 6.63. The molecule has 0 aliphatic rings. The number of hydrogen-bond acceptors (Lipinski definition) is 3. The van der Waals surface area contributed by atoms with E-state index in [1.807, 2.05) is 25.1 Å². The number of aryl methyl sites for hydroxylation is 1. The van der Waals surface area contributed by atoms with Gasteiger partial charge in [-0.15, -0.1) is 0 Å². The van der Waals surface area contributed by atoms with Crippen LogP contribution in [0.1, 0.15) is 17.1 Å². The van der Waals surface area contributed by atoms with E-state index in [1.54, 1.807) is 6.07 Å². The summed E-state index contributed by atoms with van der Waals surface area (Å²) in [5.74, 6) is 2.15. The second-order valence-electron chi connectivity index (χ2n) is 3.89. The molecule has 0 spiro atoms. The van der Waals surface area contributed by atoms with Crippen LogP contribution in [0, 0.1) is 6.92 Å². The molecule has 1 aromatic carbocycles. The van der Waals surface area contributed by atoms with Crippen molar-refractivity contribution in [3.05, 3.63) is 50.8 Å². The van der Waals surface area contributed by atoms with Gasteiger partial charge in [0.1, 0.15) is 23.9 Å². The Hall–Kier alpha value is -0.970. The van der Waals surface area contributed by atoms with Crippen LogP contribution < -0.4 is 10.5 Å². The third kappa shape index (κ3) is 3.07. The van der Waals surface area contributed by atoms with Crippen LogP contribution in [0.5, 0.6) is 5.75 Å². The van der Waals surface area contributed by atoms with Crippen molar-refractivity contribution >= 4 is 27.5 Å². The van der Waals surface area contributed by atoms with E-state index in [9.17, 15) is 0 Å². The van der Waals surface area contributed by atoms with Crippen LogP contribution >= 0.6 is 27.5 Å². The van der Waals surface area contributed by atoms with Gasteiger partial charge in [-0.2, -0.15) is 0 Å². The summed E-state index contributed by atoms with van der Waals surface area (Å²) in [5, 5.41) is 0.570. The highest BCUT2D eigenvalue weighted by Crippen LogP contribution is 2.29. The van der Waals surface area contributed by atoms with Gasteiger partial charge in [-0.25, -0.2) is 0 Å². The van der Waals surface area contributed by atoms with Crippen LogP contribution in [0.15, 0.2) is 33.2 Å². The fourth-order valence-corrected chi connectivity index (χ4v) is 2.11. The Labute approximate surface area is 119 Å². The van der Waals surface area contributed by atoms with Gasteiger partial charge in [0.15, 0.2) is 0 Å². The first kappa shape index (κ1) is 13.5. The molecule has 1 heterocycles. The molecule has 2 aromatic rings. The third-order valence-corrected chi connectivity index (χ3v) is 3.33. The van der Waals surface area contributed by atoms with Gasteiger partial charge in [-0.05, 0) is 36.8 Å². The normalized spacial score (nSPS) is 10.7. The molecule has 0 unspecified atom stereocenters. The van der Waals surface area contributed by atoms with Crippen LogP contribution in [0.2, 0.25) is 5.02 Å². The first-order chi connectivity index (χ1) is 8.60. The SMILES string of the molecule is Cc1cc(COc2cc(Br)ccc2Cl)oc1CN. The van der Waals surface area contributed by atoms with Gasteiger partial charge in [0.05, 0.1) is 11.6 Å². The van der Waals surface area contributed by atoms with Crippen molar-refractivity contribution in [3.8, 4) is 5.75 Å². The quantitative estimate of drug-likeness (QED) is 0.920. The minimum Gasteiger partial charge on any atom is -0.484 e. The van der Waals surface area contributed by atoms with Gasteiger partial charge < -0.3 is 14.9 Å². The molecule has 0 bridgehead atoms. The molecule has 5 heteroatoms. The highest BCUT2D eigenvalue weighted by Gasteiger charge is 2.08. The zero-order valence-corrected chi connectivity index (χ0v) is 12.2. The average molecular weight is 331 g/mol. The molecule has 0 atom stereocenters. The standard InChI is InChI=1S/C13H13BrClNO2/c1-8-4-10(18-13(8)6-16)7-17-12-5-9(14)2-3-11(12)15/h2-5H,6-7,16H2,1H3. The lowest BCUT2D eigenvalue weighted by Gasteiger charge is -2.06. The number of ether oxygens (including phenoxy) is 1. The maximum absolute atomic E-state index is 6.03. The molecular formula is C13H13BrClNO2. The molecule has 2 N–H and O–H groups in total. The molecule has 96 valence electrons. The molecule has 18 heavy (non-hydrogen) atoms. The Balaban J connectivity index is 2.08. The fraction of sp³-hybridized carbons (Fsp3) is 0.231. The van der Waals surface area contributed by atoms with Crippen molar-refractivity contribution in [2.24, 2.45) is 5.73 Å². The summed E-state index contributed by atoms with van der Waals surface area (Å²) in [7, 11) is 0. The lowest BCUT2D eigenvalue weighted by molar-refractivity contribution is 0.266. The van der Waals surface area contributed by atoms with Crippen LogP contribution in [0.3, 0.4) is 0 Å². The summed E-state index contributed by atoms with van der Waals surface area (Å²) in [6.45, 7) is 2.68. The van der Waals surface area contributed by atoms with Gasteiger partial charge in [0.25, 0.3) is 0 Å². The van der Waals surface area contributed by atoms with Crippen LogP contribution in [-0.2, 0) is 13.2 Å². The van der Waals surface area contributed by atoms with Crippen molar-refractivity contribution in [1.82, 2.24) is 0 Å². The second-order valence-corrected chi connectivity index (χ2v) is 5.21. The molecule has 0 saturated heterocycles. The lowest BCUT2D eigenvalue weighted by Crippen LogP contribution is -1.96. The smallest absolute Gasteiger partial charge is 0.146 e. The van der Waals surface area contributed by atoms with Gasteiger partial charge in [0.2, 0.25) is 0 Å². The van der Waals surface area contributed by atoms with E-state index in [0.717, 1.165) is 21.6 Å². The first-order valence-electron chi connectivity index (χ1n) is 5.46. The molecule has 3 nitrogen and oxygen atoms in total. The van der Waals surface area contributed by atoms with Gasteiger partial charge in [-0.3, -0.25) is 0 Å². The van der Waals surface area contributed by atoms with Crippen molar-refractivity contribution < 1.29 is 9.15 Å². The van der Waals surface area contributed by atoms with Crippen molar-refractivity contribution in [2.75, 3.05) is 0 Å². The number of hydrogen-bond donors (Lipinski definition) is 1.